The minimum Gasteiger partial charge on any atom is -0.497 e. The number of benzene rings is 2. The van der Waals surface area contributed by atoms with Gasteiger partial charge in [0.2, 0.25) is 5.75 Å². The van der Waals surface area contributed by atoms with Crippen LogP contribution in [0.5, 0.6) is 17.2 Å². The maximum Gasteiger partial charge on any atom is 0.311 e. The Morgan fingerprint density at radius 1 is 1.24 bits per heavy atom. The molecule has 21 heavy (non-hydrogen) atoms. The van der Waals surface area contributed by atoms with E-state index in [9.17, 15) is 14.5 Å². The molecular formula is C14H11ClFNO4. The Morgan fingerprint density at radius 3 is 2.57 bits per heavy atom. The van der Waals surface area contributed by atoms with Crippen molar-refractivity contribution in [2.45, 2.75) is 5.88 Å². The first-order valence-corrected chi connectivity index (χ1v) is 6.43. The van der Waals surface area contributed by atoms with Gasteiger partial charge in [0.25, 0.3) is 0 Å². The fourth-order valence-electron chi connectivity index (χ4n) is 1.68. The van der Waals surface area contributed by atoms with Crippen molar-refractivity contribution in [2.24, 2.45) is 0 Å². The molecule has 0 atom stereocenters. The van der Waals surface area contributed by atoms with Crippen molar-refractivity contribution < 1.29 is 18.8 Å². The summed E-state index contributed by atoms with van der Waals surface area (Å²) in [6, 6.07) is 8.16. The first-order valence-electron chi connectivity index (χ1n) is 5.90. The van der Waals surface area contributed by atoms with Crippen LogP contribution >= 0.6 is 11.6 Å². The number of methoxy groups -OCH3 is 1. The zero-order chi connectivity index (χ0) is 15.4. The quantitative estimate of drug-likeness (QED) is 0.470. The molecule has 0 aromatic heterocycles. The predicted octanol–water partition coefficient (Wildman–Crippen LogP) is 4.27. The highest BCUT2D eigenvalue weighted by atomic mass is 35.5. The van der Waals surface area contributed by atoms with Crippen LogP contribution in [0.25, 0.3) is 0 Å². The van der Waals surface area contributed by atoms with E-state index in [0.29, 0.717) is 11.3 Å². The second-order valence-electron chi connectivity index (χ2n) is 4.09. The summed E-state index contributed by atoms with van der Waals surface area (Å²) < 4.78 is 24.1. The Kier molecular flexibility index (Phi) is 4.59. The van der Waals surface area contributed by atoms with E-state index in [1.165, 1.54) is 37.4 Å². The summed E-state index contributed by atoms with van der Waals surface area (Å²) >= 11 is 5.60. The van der Waals surface area contributed by atoms with E-state index in [1.807, 2.05) is 0 Å². The van der Waals surface area contributed by atoms with Gasteiger partial charge in [0.1, 0.15) is 5.75 Å². The Labute approximate surface area is 125 Å². The van der Waals surface area contributed by atoms with Gasteiger partial charge in [0, 0.05) is 18.0 Å². The molecule has 0 fully saturated rings. The Bertz CT molecular complexity index is 678. The van der Waals surface area contributed by atoms with Crippen LogP contribution in [0.3, 0.4) is 0 Å². The number of nitro groups is 1. The smallest absolute Gasteiger partial charge is 0.311 e. The van der Waals surface area contributed by atoms with E-state index in [0.717, 1.165) is 0 Å². The van der Waals surface area contributed by atoms with Gasteiger partial charge in [-0.1, -0.05) is 6.07 Å². The van der Waals surface area contributed by atoms with Crippen LogP contribution in [0.1, 0.15) is 5.56 Å². The Balaban J connectivity index is 2.40. The van der Waals surface area contributed by atoms with E-state index in [2.05, 4.69) is 0 Å². The highest BCUT2D eigenvalue weighted by Gasteiger charge is 2.18. The van der Waals surface area contributed by atoms with Gasteiger partial charge in [-0.3, -0.25) is 10.1 Å². The van der Waals surface area contributed by atoms with Gasteiger partial charge in [-0.25, -0.2) is 4.39 Å². The molecule has 0 unspecified atom stereocenters. The number of ether oxygens (including phenoxy) is 2. The van der Waals surface area contributed by atoms with Gasteiger partial charge in [0.15, 0.2) is 11.6 Å². The van der Waals surface area contributed by atoms with Crippen molar-refractivity contribution >= 4 is 17.3 Å². The summed E-state index contributed by atoms with van der Waals surface area (Å²) in [5.74, 6) is -0.341. The minimum atomic E-state index is -0.648. The summed E-state index contributed by atoms with van der Waals surface area (Å²) in [4.78, 5) is 10.4. The zero-order valence-corrected chi connectivity index (χ0v) is 11.8. The third kappa shape index (κ3) is 3.41. The SMILES string of the molecule is COc1ccc([N+](=O)[O-])c(Oc2ccc(CCl)cc2F)c1. The molecule has 0 radical (unpaired) electrons. The van der Waals surface area contributed by atoms with Crippen molar-refractivity contribution in [2.75, 3.05) is 7.11 Å². The highest BCUT2D eigenvalue weighted by molar-refractivity contribution is 6.17. The highest BCUT2D eigenvalue weighted by Crippen LogP contribution is 2.35. The predicted molar refractivity (Wildman–Crippen MR) is 75.7 cm³/mol. The molecule has 2 aromatic carbocycles. The lowest BCUT2D eigenvalue weighted by atomic mass is 10.2. The molecule has 0 spiro atoms. The van der Waals surface area contributed by atoms with Crippen LogP contribution in [0.4, 0.5) is 10.1 Å². The summed E-state index contributed by atoms with van der Waals surface area (Å²) in [7, 11) is 1.42. The minimum absolute atomic E-state index is 0.100. The van der Waals surface area contributed by atoms with Crippen molar-refractivity contribution in [1.82, 2.24) is 0 Å². The maximum absolute atomic E-state index is 13.9. The molecular weight excluding hydrogens is 301 g/mol. The van der Waals surface area contributed by atoms with E-state index in [-0.39, 0.29) is 23.1 Å². The fraction of sp³-hybridized carbons (Fsp3) is 0.143. The van der Waals surface area contributed by atoms with Crippen molar-refractivity contribution in [3.8, 4) is 17.2 Å². The Morgan fingerprint density at radius 2 is 2.00 bits per heavy atom. The molecule has 7 heteroatoms. The third-order valence-electron chi connectivity index (χ3n) is 2.73. The average molecular weight is 312 g/mol. The standard InChI is InChI=1S/C14H11ClFNO4/c1-20-10-3-4-12(17(18)19)14(7-10)21-13-5-2-9(8-15)6-11(13)16/h2-7H,8H2,1H3. The summed E-state index contributed by atoms with van der Waals surface area (Å²) in [5, 5.41) is 11.0. The lowest BCUT2D eigenvalue weighted by Crippen LogP contribution is -1.96. The molecule has 0 bridgehead atoms. The van der Waals surface area contributed by atoms with E-state index in [4.69, 9.17) is 21.1 Å². The molecule has 5 nitrogen and oxygen atoms in total. The van der Waals surface area contributed by atoms with E-state index in [1.54, 1.807) is 6.07 Å². The number of nitrogens with zero attached hydrogens (tertiary/aromatic N) is 1. The van der Waals surface area contributed by atoms with Crippen molar-refractivity contribution in [3.05, 3.63) is 57.9 Å². The number of hydrogen-bond acceptors (Lipinski definition) is 4. The molecule has 0 aliphatic heterocycles. The van der Waals surface area contributed by atoms with Crippen molar-refractivity contribution in [1.29, 1.82) is 0 Å². The second-order valence-corrected chi connectivity index (χ2v) is 4.36. The first kappa shape index (κ1) is 15.1. The van der Waals surface area contributed by atoms with Gasteiger partial charge in [-0.15, -0.1) is 11.6 Å². The first-order chi connectivity index (χ1) is 10.0. The van der Waals surface area contributed by atoms with E-state index < -0.39 is 10.7 Å². The number of hydrogen-bond donors (Lipinski definition) is 0. The number of halogens is 2. The fourth-order valence-corrected chi connectivity index (χ4v) is 1.85. The van der Waals surface area contributed by atoms with Crippen LogP contribution < -0.4 is 9.47 Å². The molecule has 110 valence electrons. The topological polar surface area (TPSA) is 61.6 Å². The van der Waals surface area contributed by atoms with Crippen LogP contribution in [0, 0.1) is 15.9 Å². The average Bonchev–Trinajstić information content (AvgIpc) is 2.48. The molecule has 0 saturated heterocycles. The third-order valence-corrected chi connectivity index (χ3v) is 3.04. The molecule has 0 N–H and O–H groups in total. The molecule has 0 aliphatic rings. The molecule has 0 heterocycles. The van der Waals surface area contributed by atoms with Crippen LogP contribution in [-0.2, 0) is 5.88 Å². The molecule has 0 amide bonds. The Hall–Kier alpha value is -2.34. The largest absolute Gasteiger partial charge is 0.497 e. The maximum atomic E-state index is 13.9. The summed E-state index contributed by atoms with van der Waals surface area (Å²) in [5.41, 5.74) is 0.304. The monoisotopic (exact) mass is 311 g/mol. The van der Waals surface area contributed by atoms with Crippen LogP contribution in [0.15, 0.2) is 36.4 Å². The second kappa shape index (κ2) is 6.41. The molecule has 2 aromatic rings. The molecule has 2 rings (SSSR count). The number of alkyl halides is 1. The van der Waals surface area contributed by atoms with Crippen LogP contribution in [-0.4, -0.2) is 12.0 Å². The summed E-state index contributed by atoms with van der Waals surface area (Å²) in [6.07, 6.45) is 0. The molecule has 0 saturated carbocycles. The lowest BCUT2D eigenvalue weighted by Gasteiger charge is -2.09. The zero-order valence-electron chi connectivity index (χ0n) is 11.0. The van der Waals surface area contributed by atoms with Crippen molar-refractivity contribution in [3.63, 3.8) is 0 Å². The van der Waals surface area contributed by atoms with Crippen LogP contribution in [0.2, 0.25) is 0 Å². The van der Waals surface area contributed by atoms with Gasteiger partial charge < -0.3 is 9.47 Å². The van der Waals surface area contributed by atoms with Gasteiger partial charge in [-0.2, -0.15) is 0 Å². The summed E-state index contributed by atoms with van der Waals surface area (Å²) in [6.45, 7) is 0. The van der Waals surface area contributed by atoms with E-state index >= 15 is 0 Å². The number of rotatable bonds is 5. The molecule has 0 aliphatic carbocycles. The van der Waals surface area contributed by atoms with Gasteiger partial charge in [-0.05, 0) is 23.8 Å². The van der Waals surface area contributed by atoms with Gasteiger partial charge in [0.05, 0.1) is 12.0 Å². The van der Waals surface area contributed by atoms with Gasteiger partial charge >= 0.3 is 5.69 Å². The number of nitro benzene ring substituents is 1. The normalized spacial score (nSPS) is 10.2. The lowest BCUT2D eigenvalue weighted by molar-refractivity contribution is -0.385.